The van der Waals surface area contributed by atoms with Crippen molar-refractivity contribution in [3.8, 4) is 0 Å². The molecular formula is C22H28FN3O. The van der Waals surface area contributed by atoms with Gasteiger partial charge in [-0.2, -0.15) is 0 Å². The predicted octanol–water partition coefficient (Wildman–Crippen LogP) is 3.45. The summed E-state index contributed by atoms with van der Waals surface area (Å²) in [6.45, 7) is 3.64. The van der Waals surface area contributed by atoms with E-state index in [-0.39, 0.29) is 17.8 Å². The lowest BCUT2D eigenvalue weighted by atomic mass is 10.1. The fraction of sp³-hybridized carbons (Fsp3) is 0.409. The van der Waals surface area contributed by atoms with Gasteiger partial charge in [-0.3, -0.25) is 9.69 Å². The monoisotopic (exact) mass is 369 g/mol. The second kappa shape index (κ2) is 9.11. The first-order valence-electron chi connectivity index (χ1n) is 9.54. The molecule has 1 amide bonds. The van der Waals surface area contributed by atoms with Gasteiger partial charge in [0, 0.05) is 18.7 Å². The van der Waals surface area contributed by atoms with E-state index in [2.05, 4.69) is 16.3 Å². The Balaban J connectivity index is 1.62. The van der Waals surface area contributed by atoms with E-state index in [0.717, 1.165) is 25.2 Å². The number of rotatable bonds is 7. The molecule has 4 nitrogen and oxygen atoms in total. The summed E-state index contributed by atoms with van der Waals surface area (Å²) in [6.07, 6.45) is 2.52. The molecule has 2 aromatic rings. The SMILES string of the molecule is CN(C)C(CNC(=O)c1cccc(CN2CCCC2)c1)c1ccc(F)cc1. The molecule has 2 aromatic carbocycles. The Hall–Kier alpha value is -2.24. The quantitative estimate of drug-likeness (QED) is 0.812. The highest BCUT2D eigenvalue weighted by molar-refractivity contribution is 5.94. The van der Waals surface area contributed by atoms with Crippen LogP contribution in [0.15, 0.2) is 48.5 Å². The molecule has 1 fully saturated rings. The number of hydrogen-bond donors (Lipinski definition) is 1. The Morgan fingerprint density at radius 3 is 2.52 bits per heavy atom. The van der Waals surface area contributed by atoms with Crippen LogP contribution in [0, 0.1) is 5.82 Å². The fourth-order valence-electron chi connectivity index (χ4n) is 3.58. The van der Waals surface area contributed by atoms with Crippen LogP contribution in [0.2, 0.25) is 0 Å². The van der Waals surface area contributed by atoms with Crippen LogP contribution < -0.4 is 5.32 Å². The molecule has 1 atom stereocenters. The van der Waals surface area contributed by atoms with Crippen LogP contribution >= 0.6 is 0 Å². The van der Waals surface area contributed by atoms with Crippen LogP contribution in [0.25, 0.3) is 0 Å². The number of likely N-dealkylation sites (N-methyl/N-ethyl adjacent to an activating group) is 1. The molecule has 1 unspecified atom stereocenters. The second-order valence-corrected chi connectivity index (χ2v) is 7.42. The summed E-state index contributed by atoms with van der Waals surface area (Å²) in [5, 5.41) is 3.03. The lowest BCUT2D eigenvalue weighted by Crippen LogP contribution is -2.34. The minimum atomic E-state index is -0.255. The van der Waals surface area contributed by atoms with Gasteiger partial charge in [-0.25, -0.2) is 4.39 Å². The van der Waals surface area contributed by atoms with E-state index in [0.29, 0.717) is 12.1 Å². The van der Waals surface area contributed by atoms with Crippen LogP contribution in [0.4, 0.5) is 4.39 Å². The van der Waals surface area contributed by atoms with Gasteiger partial charge < -0.3 is 10.2 Å². The van der Waals surface area contributed by atoms with Crippen molar-refractivity contribution in [3.05, 3.63) is 71.0 Å². The minimum absolute atomic E-state index is 0.0117. The summed E-state index contributed by atoms with van der Waals surface area (Å²) in [5.41, 5.74) is 2.83. The number of halogens is 1. The number of nitrogens with one attached hydrogen (secondary N) is 1. The maximum Gasteiger partial charge on any atom is 0.251 e. The molecule has 0 aliphatic carbocycles. The van der Waals surface area contributed by atoms with Gasteiger partial charge in [0.2, 0.25) is 0 Å². The van der Waals surface area contributed by atoms with Gasteiger partial charge in [-0.05, 0) is 75.4 Å². The van der Waals surface area contributed by atoms with Gasteiger partial charge in [0.05, 0.1) is 6.04 Å². The first-order valence-corrected chi connectivity index (χ1v) is 9.54. The van der Waals surface area contributed by atoms with E-state index in [1.165, 1.54) is 30.5 Å². The Morgan fingerprint density at radius 2 is 1.85 bits per heavy atom. The molecule has 144 valence electrons. The van der Waals surface area contributed by atoms with Crippen molar-refractivity contribution in [2.45, 2.75) is 25.4 Å². The van der Waals surface area contributed by atoms with Crippen molar-refractivity contribution in [1.29, 1.82) is 0 Å². The number of carbonyl (C=O) groups is 1. The van der Waals surface area contributed by atoms with E-state index in [4.69, 9.17) is 0 Å². The van der Waals surface area contributed by atoms with Crippen molar-refractivity contribution in [1.82, 2.24) is 15.1 Å². The molecule has 1 saturated heterocycles. The van der Waals surface area contributed by atoms with Gasteiger partial charge >= 0.3 is 0 Å². The molecule has 1 aliphatic rings. The molecule has 1 N–H and O–H groups in total. The summed E-state index contributed by atoms with van der Waals surface area (Å²) < 4.78 is 13.2. The van der Waals surface area contributed by atoms with Crippen molar-refractivity contribution in [3.63, 3.8) is 0 Å². The standard InChI is InChI=1S/C22H28FN3O/c1-25(2)21(18-8-10-20(23)11-9-18)15-24-22(27)19-7-5-6-17(14-19)16-26-12-3-4-13-26/h5-11,14,21H,3-4,12-13,15-16H2,1-2H3,(H,24,27). The van der Waals surface area contributed by atoms with Crippen molar-refractivity contribution in [2.24, 2.45) is 0 Å². The van der Waals surface area contributed by atoms with Gasteiger partial charge in [0.25, 0.3) is 5.91 Å². The molecule has 27 heavy (non-hydrogen) atoms. The van der Waals surface area contributed by atoms with Gasteiger partial charge in [0.15, 0.2) is 0 Å². The minimum Gasteiger partial charge on any atom is -0.350 e. The van der Waals surface area contributed by atoms with Gasteiger partial charge in [-0.15, -0.1) is 0 Å². The van der Waals surface area contributed by atoms with Crippen LogP contribution in [0.1, 0.15) is 40.4 Å². The second-order valence-electron chi connectivity index (χ2n) is 7.42. The lowest BCUT2D eigenvalue weighted by Gasteiger charge is -2.25. The van der Waals surface area contributed by atoms with Crippen LogP contribution in [0.3, 0.4) is 0 Å². The number of nitrogens with zero attached hydrogens (tertiary/aromatic N) is 2. The van der Waals surface area contributed by atoms with Crippen molar-refractivity contribution >= 4 is 5.91 Å². The topological polar surface area (TPSA) is 35.6 Å². The predicted molar refractivity (Wildman–Crippen MR) is 106 cm³/mol. The first kappa shape index (κ1) is 19.5. The molecule has 0 aromatic heterocycles. The van der Waals surface area contributed by atoms with Gasteiger partial charge in [0.1, 0.15) is 5.82 Å². The summed E-state index contributed by atoms with van der Waals surface area (Å²) in [7, 11) is 3.91. The Morgan fingerprint density at radius 1 is 1.15 bits per heavy atom. The third-order valence-electron chi connectivity index (χ3n) is 5.13. The number of likely N-dealkylation sites (tertiary alicyclic amines) is 1. The van der Waals surface area contributed by atoms with Crippen LogP contribution in [-0.2, 0) is 6.54 Å². The fourth-order valence-corrected chi connectivity index (χ4v) is 3.58. The molecule has 5 heteroatoms. The number of amides is 1. The maximum absolute atomic E-state index is 13.2. The number of benzene rings is 2. The maximum atomic E-state index is 13.2. The largest absolute Gasteiger partial charge is 0.350 e. The summed E-state index contributed by atoms with van der Waals surface area (Å²) >= 11 is 0. The third-order valence-corrected chi connectivity index (χ3v) is 5.13. The molecule has 0 radical (unpaired) electrons. The average Bonchev–Trinajstić information content (AvgIpc) is 3.16. The average molecular weight is 369 g/mol. The van der Waals surface area contributed by atoms with E-state index < -0.39 is 0 Å². The van der Waals surface area contributed by atoms with E-state index in [1.807, 2.05) is 37.2 Å². The molecule has 0 saturated carbocycles. The molecule has 3 rings (SSSR count). The zero-order valence-electron chi connectivity index (χ0n) is 16.1. The van der Waals surface area contributed by atoms with Crippen LogP contribution in [-0.4, -0.2) is 49.4 Å². The zero-order chi connectivity index (χ0) is 19.2. The van der Waals surface area contributed by atoms with Gasteiger partial charge in [-0.1, -0.05) is 24.3 Å². The number of carbonyl (C=O) groups excluding carboxylic acids is 1. The zero-order valence-corrected chi connectivity index (χ0v) is 16.1. The molecular weight excluding hydrogens is 341 g/mol. The Kier molecular flexibility index (Phi) is 6.58. The van der Waals surface area contributed by atoms with Crippen molar-refractivity contribution < 1.29 is 9.18 Å². The molecule has 0 spiro atoms. The normalized spacial score (nSPS) is 15.9. The van der Waals surface area contributed by atoms with E-state index in [9.17, 15) is 9.18 Å². The Bertz CT molecular complexity index is 754. The summed E-state index contributed by atoms with van der Waals surface area (Å²) in [6, 6.07) is 14.3. The molecule has 1 aliphatic heterocycles. The lowest BCUT2D eigenvalue weighted by molar-refractivity contribution is 0.0941. The van der Waals surface area contributed by atoms with Crippen molar-refractivity contribution in [2.75, 3.05) is 33.7 Å². The Labute approximate surface area is 161 Å². The first-order chi connectivity index (χ1) is 13.0. The summed E-state index contributed by atoms with van der Waals surface area (Å²) in [4.78, 5) is 17.1. The highest BCUT2D eigenvalue weighted by atomic mass is 19.1. The summed E-state index contributed by atoms with van der Waals surface area (Å²) in [5.74, 6) is -0.331. The van der Waals surface area contributed by atoms with Crippen LogP contribution in [0.5, 0.6) is 0 Å². The number of hydrogen-bond acceptors (Lipinski definition) is 3. The molecule has 0 bridgehead atoms. The molecule has 1 heterocycles. The smallest absolute Gasteiger partial charge is 0.251 e. The highest BCUT2D eigenvalue weighted by Crippen LogP contribution is 2.18. The third kappa shape index (κ3) is 5.37. The highest BCUT2D eigenvalue weighted by Gasteiger charge is 2.17. The van der Waals surface area contributed by atoms with E-state index in [1.54, 1.807) is 12.1 Å². The van der Waals surface area contributed by atoms with E-state index >= 15 is 0 Å².